The summed E-state index contributed by atoms with van der Waals surface area (Å²) in [5.74, 6) is -1.52. The summed E-state index contributed by atoms with van der Waals surface area (Å²) in [7, 11) is 0. The molecule has 2 fully saturated rings. The Morgan fingerprint density at radius 2 is 2.05 bits per heavy atom. The molecule has 3 aliphatic carbocycles. The number of ether oxygens (including phenoxy) is 2. The third-order valence-electron chi connectivity index (χ3n) is 5.12. The Morgan fingerprint density at radius 3 is 2.75 bits per heavy atom. The lowest BCUT2D eigenvalue weighted by Gasteiger charge is -2.51. The number of carbonyl (C=O) groups is 1. The van der Waals surface area contributed by atoms with Gasteiger partial charge in [-0.1, -0.05) is 23.8 Å². The van der Waals surface area contributed by atoms with E-state index in [1.807, 2.05) is 0 Å². The first kappa shape index (κ1) is 12.4. The minimum Gasteiger partial charge on any atom is -0.481 e. The van der Waals surface area contributed by atoms with Crippen LogP contribution in [-0.4, -0.2) is 30.1 Å². The van der Waals surface area contributed by atoms with Crippen molar-refractivity contribution in [3.63, 3.8) is 0 Å². The fourth-order valence-corrected chi connectivity index (χ4v) is 4.27. The Hall–Kier alpha value is -1.39. The smallest absolute Gasteiger partial charge is 0.307 e. The van der Waals surface area contributed by atoms with Gasteiger partial charge < -0.3 is 14.6 Å². The summed E-state index contributed by atoms with van der Waals surface area (Å²) < 4.78 is 11.8. The lowest BCUT2D eigenvalue weighted by atomic mass is 9.58. The third-order valence-corrected chi connectivity index (χ3v) is 5.12. The van der Waals surface area contributed by atoms with Gasteiger partial charge in [-0.05, 0) is 24.5 Å². The van der Waals surface area contributed by atoms with Gasteiger partial charge >= 0.3 is 5.97 Å². The minimum atomic E-state index is -0.694. The summed E-state index contributed by atoms with van der Waals surface area (Å²) in [6, 6.07) is 6.37. The predicted molar refractivity (Wildman–Crippen MR) is 71.7 cm³/mol. The molecule has 1 aromatic rings. The molecular formula is C16H18O4. The van der Waals surface area contributed by atoms with E-state index in [2.05, 4.69) is 25.1 Å². The fraction of sp³-hybridized carbons (Fsp3) is 0.562. The Balaban J connectivity index is 1.86. The van der Waals surface area contributed by atoms with Crippen molar-refractivity contribution in [2.45, 2.75) is 37.4 Å². The largest absolute Gasteiger partial charge is 0.481 e. The van der Waals surface area contributed by atoms with Gasteiger partial charge in [0.15, 0.2) is 5.79 Å². The van der Waals surface area contributed by atoms with Gasteiger partial charge in [0.1, 0.15) is 0 Å². The highest BCUT2D eigenvalue weighted by atomic mass is 16.7. The van der Waals surface area contributed by atoms with E-state index in [1.165, 1.54) is 16.7 Å². The van der Waals surface area contributed by atoms with Crippen LogP contribution in [0.2, 0.25) is 0 Å². The molecular weight excluding hydrogens is 256 g/mol. The summed E-state index contributed by atoms with van der Waals surface area (Å²) in [6.07, 6.45) is 1.29. The van der Waals surface area contributed by atoms with E-state index >= 15 is 0 Å². The maximum atomic E-state index is 11.6. The molecule has 2 bridgehead atoms. The van der Waals surface area contributed by atoms with Gasteiger partial charge in [0.2, 0.25) is 0 Å². The molecule has 3 atom stereocenters. The van der Waals surface area contributed by atoms with Crippen LogP contribution in [-0.2, 0) is 14.3 Å². The summed E-state index contributed by atoms with van der Waals surface area (Å²) in [5, 5.41) is 9.50. The highest BCUT2D eigenvalue weighted by Gasteiger charge is 2.58. The molecule has 5 rings (SSSR count). The molecule has 1 saturated heterocycles. The number of aliphatic carboxylic acids is 1. The van der Waals surface area contributed by atoms with Crippen molar-refractivity contribution in [2.24, 2.45) is 5.92 Å². The average Bonchev–Trinajstić information content (AvgIpc) is 2.87. The zero-order valence-electron chi connectivity index (χ0n) is 11.5. The maximum absolute atomic E-state index is 11.6. The summed E-state index contributed by atoms with van der Waals surface area (Å²) in [4.78, 5) is 11.6. The van der Waals surface area contributed by atoms with Gasteiger partial charge in [-0.2, -0.15) is 0 Å². The molecule has 20 heavy (non-hydrogen) atoms. The zero-order valence-corrected chi connectivity index (χ0v) is 11.5. The maximum Gasteiger partial charge on any atom is 0.307 e. The van der Waals surface area contributed by atoms with E-state index in [1.54, 1.807) is 0 Å². The van der Waals surface area contributed by atoms with E-state index in [4.69, 9.17) is 9.47 Å². The molecule has 3 unspecified atom stereocenters. The van der Waals surface area contributed by atoms with Crippen LogP contribution in [0.15, 0.2) is 18.2 Å². The fourth-order valence-electron chi connectivity index (χ4n) is 4.27. The van der Waals surface area contributed by atoms with Crippen molar-refractivity contribution in [2.75, 3.05) is 13.2 Å². The second-order valence-electron chi connectivity index (χ2n) is 6.18. The Bertz CT molecular complexity index is 574. The zero-order chi connectivity index (χ0) is 13.9. The van der Waals surface area contributed by atoms with Crippen LogP contribution in [0.3, 0.4) is 0 Å². The topological polar surface area (TPSA) is 55.8 Å². The molecule has 4 nitrogen and oxygen atoms in total. The van der Waals surface area contributed by atoms with Crippen LogP contribution in [0.5, 0.6) is 0 Å². The normalized spacial score (nSPS) is 33.4. The van der Waals surface area contributed by atoms with E-state index in [0.717, 1.165) is 0 Å². The molecule has 0 amide bonds. The lowest BCUT2D eigenvalue weighted by molar-refractivity contribution is -0.209. The van der Waals surface area contributed by atoms with Crippen molar-refractivity contribution in [1.29, 1.82) is 0 Å². The molecule has 1 aromatic carbocycles. The molecule has 1 aliphatic heterocycles. The molecule has 4 aliphatic rings. The van der Waals surface area contributed by atoms with Crippen LogP contribution in [0.4, 0.5) is 0 Å². The van der Waals surface area contributed by atoms with Crippen LogP contribution >= 0.6 is 0 Å². The number of hydrogen-bond donors (Lipinski definition) is 1. The van der Waals surface area contributed by atoms with Gasteiger partial charge in [0.25, 0.3) is 0 Å². The predicted octanol–water partition coefficient (Wildman–Crippen LogP) is 2.41. The number of fused-ring (bicyclic) bond motifs is 1. The highest BCUT2D eigenvalue weighted by molar-refractivity contribution is 5.73. The monoisotopic (exact) mass is 274 g/mol. The van der Waals surface area contributed by atoms with E-state index in [-0.39, 0.29) is 17.8 Å². The van der Waals surface area contributed by atoms with Crippen molar-refractivity contribution in [1.82, 2.24) is 0 Å². The Labute approximate surface area is 117 Å². The summed E-state index contributed by atoms with van der Waals surface area (Å²) in [6.45, 7) is 3.28. The van der Waals surface area contributed by atoms with Crippen LogP contribution in [0, 0.1) is 12.8 Å². The van der Waals surface area contributed by atoms with Crippen molar-refractivity contribution in [3.8, 4) is 0 Å². The molecule has 1 spiro atoms. The van der Waals surface area contributed by atoms with Crippen molar-refractivity contribution < 1.29 is 19.4 Å². The number of hydrogen-bond acceptors (Lipinski definition) is 3. The van der Waals surface area contributed by atoms with E-state index in [0.29, 0.717) is 26.1 Å². The van der Waals surface area contributed by atoms with Crippen molar-refractivity contribution in [3.05, 3.63) is 34.9 Å². The molecule has 4 heteroatoms. The standard InChI is InChI=1S/C16H18O4/c1-9-2-3-10-11(6-9)13-8-16(19-4-5-20-16)14(10)7-12(13)15(17)18/h2-3,6,12-14H,4-5,7-8H2,1H3,(H,17,18). The molecule has 0 radical (unpaired) electrons. The number of carboxylic acids is 1. The van der Waals surface area contributed by atoms with Gasteiger partial charge in [-0.3, -0.25) is 4.79 Å². The number of carboxylic acid groups (broad SMARTS) is 1. The first-order valence-corrected chi connectivity index (χ1v) is 7.22. The molecule has 1 heterocycles. The van der Waals surface area contributed by atoms with Gasteiger partial charge in [0.05, 0.1) is 19.1 Å². The van der Waals surface area contributed by atoms with Crippen LogP contribution < -0.4 is 0 Å². The van der Waals surface area contributed by atoms with Crippen LogP contribution in [0.25, 0.3) is 0 Å². The first-order chi connectivity index (χ1) is 9.61. The molecule has 1 saturated carbocycles. The number of benzene rings is 1. The second kappa shape index (κ2) is 4.06. The summed E-state index contributed by atoms with van der Waals surface area (Å²) in [5.41, 5.74) is 3.60. The molecule has 106 valence electrons. The number of aryl methyl sites for hydroxylation is 1. The Morgan fingerprint density at radius 1 is 1.30 bits per heavy atom. The average molecular weight is 274 g/mol. The summed E-state index contributed by atoms with van der Waals surface area (Å²) >= 11 is 0. The van der Waals surface area contributed by atoms with Gasteiger partial charge in [-0.25, -0.2) is 0 Å². The van der Waals surface area contributed by atoms with Crippen LogP contribution in [0.1, 0.15) is 41.4 Å². The quantitative estimate of drug-likeness (QED) is 0.854. The lowest BCUT2D eigenvalue weighted by Crippen LogP contribution is -2.51. The molecule has 1 N–H and O–H groups in total. The van der Waals surface area contributed by atoms with Gasteiger partial charge in [0, 0.05) is 18.3 Å². The van der Waals surface area contributed by atoms with E-state index < -0.39 is 11.8 Å². The SMILES string of the molecule is Cc1ccc2c(c1)C1CC3(OCCO3)C2CC1C(=O)O. The van der Waals surface area contributed by atoms with Gasteiger partial charge in [-0.15, -0.1) is 0 Å². The first-order valence-electron chi connectivity index (χ1n) is 7.22. The minimum absolute atomic E-state index is 0.00509. The Kier molecular flexibility index (Phi) is 2.51. The molecule has 0 aromatic heterocycles. The number of rotatable bonds is 1. The third kappa shape index (κ3) is 1.52. The highest BCUT2D eigenvalue weighted by Crippen LogP contribution is 2.59. The van der Waals surface area contributed by atoms with Crippen molar-refractivity contribution >= 4 is 5.97 Å². The van der Waals surface area contributed by atoms with E-state index in [9.17, 15) is 9.90 Å². The second-order valence-corrected chi connectivity index (χ2v) is 6.18.